The van der Waals surface area contributed by atoms with Crippen molar-refractivity contribution in [1.82, 2.24) is 19.1 Å². The molecule has 0 radical (unpaired) electrons. The summed E-state index contributed by atoms with van der Waals surface area (Å²) in [4.78, 5) is 34.1. The zero-order chi connectivity index (χ0) is 21.9. The number of anilines is 1. The Morgan fingerprint density at radius 2 is 2.00 bits per heavy atom. The van der Waals surface area contributed by atoms with Crippen molar-refractivity contribution < 1.29 is 4.79 Å². The maximum Gasteiger partial charge on any atom is 0.261 e. The maximum absolute atomic E-state index is 12.6. The van der Waals surface area contributed by atoms with Crippen LogP contribution in [0, 0.1) is 0 Å². The lowest BCUT2D eigenvalue weighted by Gasteiger charge is -2.11. The summed E-state index contributed by atoms with van der Waals surface area (Å²) in [6.45, 7) is 1.47. The van der Waals surface area contributed by atoms with Crippen molar-refractivity contribution in [2.45, 2.75) is 45.2 Å². The molecule has 2 aromatic carbocycles. The molecule has 0 unspecified atom stereocenters. The lowest BCUT2D eigenvalue weighted by Crippen LogP contribution is -2.21. The number of nitrogens with one attached hydrogen (secondary N) is 1. The van der Waals surface area contributed by atoms with Crippen molar-refractivity contribution in [2.75, 3.05) is 5.32 Å². The Bertz CT molecular complexity index is 1310. The van der Waals surface area contributed by atoms with Crippen molar-refractivity contribution in [1.29, 1.82) is 0 Å². The zero-order valence-corrected chi connectivity index (χ0v) is 17.8. The topological polar surface area (TPSA) is 81.8 Å². The van der Waals surface area contributed by atoms with Gasteiger partial charge in [0.25, 0.3) is 5.56 Å². The van der Waals surface area contributed by atoms with Gasteiger partial charge in [-0.25, -0.2) is 9.97 Å². The van der Waals surface area contributed by atoms with E-state index in [0.717, 1.165) is 35.7 Å². The summed E-state index contributed by atoms with van der Waals surface area (Å²) in [7, 11) is 0. The molecule has 1 aliphatic rings. The number of imidazole rings is 1. The van der Waals surface area contributed by atoms with Crippen LogP contribution >= 0.6 is 0 Å². The van der Waals surface area contributed by atoms with E-state index in [2.05, 4.69) is 21.1 Å². The van der Waals surface area contributed by atoms with Gasteiger partial charge < -0.3 is 9.88 Å². The lowest BCUT2D eigenvalue weighted by molar-refractivity contribution is -0.116. The first kappa shape index (κ1) is 20.2. The van der Waals surface area contributed by atoms with Crippen LogP contribution in [-0.4, -0.2) is 25.0 Å². The predicted octanol–water partition coefficient (Wildman–Crippen LogP) is 4.02. The number of nitrogens with zero attached hydrogens (tertiary/aromatic N) is 4. The molecule has 1 N–H and O–H groups in total. The van der Waals surface area contributed by atoms with Gasteiger partial charge in [0.1, 0.15) is 5.82 Å². The van der Waals surface area contributed by atoms with Gasteiger partial charge >= 0.3 is 0 Å². The third-order valence-corrected chi connectivity index (χ3v) is 5.89. The minimum absolute atomic E-state index is 0.0758. The molecule has 1 amide bonds. The number of amides is 1. The van der Waals surface area contributed by atoms with Gasteiger partial charge in [-0.2, -0.15) is 0 Å². The summed E-state index contributed by atoms with van der Waals surface area (Å²) in [6.07, 6.45) is 7.93. The van der Waals surface area contributed by atoms with Gasteiger partial charge in [0.15, 0.2) is 0 Å². The summed E-state index contributed by atoms with van der Waals surface area (Å²) in [6, 6.07) is 15.1. The highest BCUT2D eigenvalue weighted by molar-refractivity contribution is 5.91. The zero-order valence-electron chi connectivity index (χ0n) is 17.8. The predicted molar refractivity (Wildman–Crippen MR) is 124 cm³/mol. The Balaban J connectivity index is 1.20. The highest BCUT2D eigenvalue weighted by atomic mass is 16.1. The summed E-state index contributed by atoms with van der Waals surface area (Å²) >= 11 is 0. The SMILES string of the molecule is O=C(CCCn1cnc2ccccc2c1=O)Nc1cccc(-c2cn3c(n2)CCCC3)c1. The third-order valence-electron chi connectivity index (χ3n) is 5.89. The average molecular weight is 428 g/mol. The van der Waals surface area contributed by atoms with E-state index in [9.17, 15) is 9.59 Å². The number of fused-ring (bicyclic) bond motifs is 2. The summed E-state index contributed by atoms with van der Waals surface area (Å²) < 4.78 is 3.80. The molecule has 0 saturated carbocycles. The molecular formula is C25H25N5O2. The molecule has 3 heterocycles. The fourth-order valence-electron chi connectivity index (χ4n) is 4.21. The first-order chi connectivity index (χ1) is 15.7. The van der Waals surface area contributed by atoms with E-state index in [-0.39, 0.29) is 11.5 Å². The van der Waals surface area contributed by atoms with Gasteiger partial charge in [0.2, 0.25) is 5.91 Å². The number of aromatic nitrogens is 4. The van der Waals surface area contributed by atoms with E-state index in [4.69, 9.17) is 4.98 Å². The lowest BCUT2D eigenvalue weighted by atomic mass is 10.1. The molecule has 7 heteroatoms. The number of rotatable bonds is 6. The van der Waals surface area contributed by atoms with Crippen LogP contribution in [0.4, 0.5) is 5.69 Å². The Hall–Kier alpha value is -3.74. The van der Waals surface area contributed by atoms with Gasteiger partial charge in [0, 0.05) is 43.4 Å². The molecule has 1 aliphatic heterocycles. The minimum Gasteiger partial charge on any atom is -0.334 e. The first-order valence-corrected chi connectivity index (χ1v) is 11.1. The van der Waals surface area contributed by atoms with Crippen LogP contribution < -0.4 is 10.9 Å². The Morgan fingerprint density at radius 1 is 1.09 bits per heavy atom. The van der Waals surface area contributed by atoms with Crippen molar-refractivity contribution in [3.63, 3.8) is 0 Å². The average Bonchev–Trinajstić information content (AvgIpc) is 3.25. The van der Waals surface area contributed by atoms with Crippen LogP contribution in [0.3, 0.4) is 0 Å². The van der Waals surface area contributed by atoms with Gasteiger partial charge in [0.05, 0.1) is 22.9 Å². The highest BCUT2D eigenvalue weighted by Crippen LogP contribution is 2.25. The van der Waals surface area contributed by atoms with Gasteiger partial charge in [-0.05, 0) is 43.5 Å². The summed E-state index contributed by atoms with van der Waals surface area (Å²) in [5.41, 5.74) is 3.30. The second kappa shape index (κ2) is 8.78. The van der Waals surface area contributed by atoms with Crippen LogP contribution in [0.25, 0.3) is 22.2 Å². The summed E-state index contributed by atoms with van der Waals surface area (Å²) in [5.74, 6) is 1.06. The molecule has 4 aromatic rings. The molecule has 0 fully saturated rings. The second-order valence-electron chi connectivity index (χ2n) is 8.19. The third kappa shape index (κ3) is 4.19. The number of benzene rings is 2. The molecule has 5 rings (SSSR count). The monoisotopic (exact) mass is 427 g/mol. The largest absolute Gasteiger partial charge is 0.334 e. The Kier molecular flexibility index (Phi) is 5.54. The van der Waals surface area contributed by atoms with Crippen LogP contribution in [0.5, 0.6) is 0 Å². The van der Waals surface area contributed by atoms with E-state index in [1.807, 2.05) is 42.5 Å². The molecule has 162 valence electrons. The van der Waals surface area contributed by atoms with Crippen LogP contribution in [-0.2, 0) is 24.3 Å². The minimum atomic E-state index is -0.0773. The molecule has 0 atom stereocenters. The fourth-order valence-corrected chi connectivity index (χ4v) is 4.21. The number of carbonyl (C=O) groups excluding carboxylic acids is 1. The molecule has 0 aliphatic carbocycles. The van der Waals surface area contributed by atoms with Crippen molar-refractivity contribution in [3.05, 3.63) is 77.2 Å². The van der Waals surface area contributed by atoms with Crippen molar-refractivity contribution in [3.8, 4) is 11.3 Å². The maximum atomic E-state index is 12.6. The fraction of sp³-hybridized carbons (Fsp3) is 0.280. The Labute approximate surface area is 185 Å². The van der Waals surface area contributed by atoms with E-state index in [1.54, 1.807) is 17.0 Å². The highest BCUT2D eigenvalue weighted by Gasteiger charge is 2.14. The Morgan fingerprint density at radius 3 is 2.91 bits per heavy atom. The van der Waals surface area contributed by atoms with Crippen LogP contribution in [0.15, 0.2) is 65.8 Å². The smallest absolute Gasteiger partial charge is 0.261 e. The molecule has 2 aromatic heterocycles. The number of aryl methyl sites for hydroxylation is 3. The standard InChI is InChI=1S/C25H25N5O2/c31-24(12-6-14-30-17-26-21-10-2-1-9-20(21)25(30)32)27-19-8-5-7-18(15-19)22-16-29-13-4-3-11-23(29)28-22/h1-2,5,7-10,15-17H,3-4,6,11-14H2,(H,27,31). The first-order valence-electron chi connectivity index (χ1n) is 11.1. The van der Waals surface area contributed by atoms with Crippen LogP contribution in [0.1, 0.15) is 31.5 Å². The number of carbonyl (C=O) groups is 1. The van der Waals surface area contributed by atoms with E-state index in [0.29, 0.717) is 30.3 Å². The number of hydrogen-bond acceptors (Lipinski definition) is 4. The molecule has 0 bridgehead atoms. The van der Waals surface area contributed by atoms with Gasteiger partial charge in [-0.1, -0.05) is 24.3 Å². The molecule has 7 nitrogen and oxygen atoms in total. The van der Waals surface area contributed by atoms with E-state index in [1.165, 1.54) is 12.8 Å². The normalized spacial score (nSPS) is 13.1. The van der Waals surface area contributed by atoms with E-state index < -0.39 is 0 Å². The molecular weight excluding hydrogens is 402 g/mol. The van der Waals surface area contributed by atoms with Gasteiger partial charge in [-0.3, -0.25) is 14.2 Å². The van der Waals surface area contributed by atoms with Crippen LogP contribution in [0.2, 0.25) is 0 Å². The second-order valence-corrected chi connectivity index (χ2v) is 8.19. The van der Waals surface area contributed by atoms with Crippen molar-refractivity contribution >= 4 is 22.5 Å². The van der Waals surface area contributed by atoms with Crippen molar-refractivity contribution in [2.24, 2.45) is 0 Å². The molecule has 32 heavy (non-hydrogen) atoms. The molecule has 0 spiro atoms. The molecule has 0 saturated heterocycles. The number of hydrogen-bond donors (Lipinski definition) is 1. The quantitative estimate of drug-likeness (QED) is 0.504. The van der Waals surface area contributed by atoms with E-state index >= 15 is 0 Å². The van der Waals surface area contributed by atoms with Gasteiger partial charge in [-0.15, -0.1) is 0 Å². The number of para-hydroxylation sites is 1. The summed E-state index contributed by atoms with van der Waals surface area (Å²) in [5, 5.41) is 3.56.